The Labute approximate surface area is 161 Å². The molecule has 3 aromatic rings. The molecule has 0 aliphatic heterocycles. The van der Waals surface area contributed by atoms with Gasteiger partial charge in [0.1, 0.15) is 24.0 Å². The molecule has 27 heavy (non-hydrogen) atoms. The quantitative estimate of drug-likeness (QED) is 0.679. The molecule has 4 rings (SSSR count). The summed E-state index contributed by atoms with van der Waals surface area (Å²) in [6.45, 7) is 4.07. The van der Waals surface area contributed by atoms with Crippen molar-refractivity contribution in [2.24, 2.45) is 0 Å². The van der Waals surface area contributed by atoms with E-state index in [0.717, 1.165) is 47.2 Å². The number of halogens is 1. The fourth-order valence-electron chi connectivity index (χ4n) is 3.65. The van der Waals surface area contributed by atoms with Gasteiger partial charge < -0.3 is 14.3 Å². The number of aryl methyl sites for hydroxylation is 2. The van der Waals surface area contributed by atoms with Crippen molar-refractivity contribution < 1.29 is 14.3 Å². The zero-order valence-corrected chi connectivity index (χ0v) is 16.0. The minimum absolute atomic E-state index is 0.0939. The van der Waals surface area contributed by atoms with Crippen LogP contribution in [0.3, 0.4) is 0 Å². The van der Waals surface area contributed by atoms with E-state index in [9.17, 15) is 9.90 Å². The number of hydrogen-bond donors (Lipinski definition) is 1. The van der Waals surface area contributed by atoms with Crippen molar-refractivity contribution in [1.29, 1.82) is 0 Å². The van der Waals surface area contributed by atoms with Gasteiger partial charge in [-0.15, -0.1) is 0 Å². The van der Waals surface area contributed by atoms with E-state index in [1.165, 1.54) is 0 Å². The number of benzene rings is 1. The molecule has 7 heteroatoms. The van der Waals surface area contributed by atoms with Gasteiger partial charge in [0.2, 0.25) is 0 Å². The van der Waals surface area contributed by atoms with Gasteiger partial charge >= 0.3 is 5.63 Å². The second-order valence-corrected chi connectivity index (χ2v) is 7.37. The van der Waals surface area contributed by atoms with Crippen molar-refractivity contribution in [2.75, 3.05) is 6.61 Å². The van der Waals surface area contributed by atoms with Crippen LogP contribution < -0.4 is 10.4 Å². The van der Waals surface area contributed by atoms with Crippen LogP contribution in [-0.4, -0.2) is 27.6 Å². The normalized spacial score (nSPS) is 14.5. The summed E-state index contributed by atoms with van der Waals surface area (Å²) in [6, 6.07) is 5.47. The zero-order chi connectivity index (χ0) is 19.1. The Morgan fingerprint density at radius 1 is 1.33 bits per heavy atom. The minimum Gasteiger partial charge on any atom is -0.491 e. The van der Waals surface area contributed by atoms with Crippen molar-refractivity contribution in [1.82, 2.24) is 9.78 Å². The van der Waals surface area contributed by atoms with E-state index in [4.69, 9.17) is 20.8 Å². The van der Waals surface area contributed by atoms with E-state index in [0.29, 0.717) is 16.4 Å². The molecule has 0 bridgehead atoms. The first-order valence-corrected chi connectivity index (χ1v) is 9.41. The summed E-state index contributed by atoms with van der Waals surface area (Å²) in [5, 5.41) is 16.2. The Kier molecular flexibility index (Phi) is 4.70. The third-order valence-corrected chi connectivity index (χ3v) is 5.61. The fraction of sp³-hybridized carbons (Fsp3) is 0.400. The van der Waals surface area contributed by atoms with E-state index in [2.05, 4.69) is 5.10 Å². The maximum atomic E-state index is 12.1. The van der Waals surface area contributed by atoms with Crippen molar-refractivity contribution in [3.8, 4) is 5.75 Å². The molecule has 0 spiro atoms. The van der Waals surface area contributed by atoms with E-state index in [-0.39, 0.29) is 18.8 Å². The van der Waals surface area contributed by atoms with Gasteiger partial charge in [0.15, 0.2) is 0 Å². The number of nitrogens with zero attached hydrogens (tertiary/aromatic N) is 2. The predicted octanol–water partition coefficient (Wildman–Crippen LogP) is 3.19. The van der Waals surface area contributed by atoms with Gasteiger partial charge in [0.25, 0.3) is 0 Å². The van der Waals surface area contributed by atoms with Crippen LogP contribution >= 0.6 is 11.6 Å². The standard InChI is InChI=1S/C20H21ClN2O4/c1-11-19(21)12(2)23(22-11)9-13(24)10-26-14-6-7-16-15-4-3-5-17(15)20(25)27-18(16)8-14/h6-8,13,24H,3-5,9-10H2,1-2H3/t13-/m0/s1. The molecule has 1 aromatic carbocycles. The summed E-state index contributed by atoms with van der Waals surface area (Å²) in [7, 11) is 0. The topological polar surface area (TPSA) is 77.5 Å². The molecule has 0 saturated carbocycles. The molecular formula is C20H21ClN2O4. The Bertz CT molecular complexity index is 1070. The Morgan fingerprint density at radius 2 is 2.11 bits per heavy atom. The van der Waals surface area contributed by atoms with Gasteiger partial charge in [0, 0.05) is 17.0 Å². The van der Waals surface area contributed by atoms with Crippen LogP contribution in [0.4, 0.5) is 0 Å². The molecule has 1 atom stereocenters. The van der Waals surface area contributed by atoms with Crippen LogP contribution in [-0.2, 0) is 19.4 Å². The Balaban J connectivity index is 1.48. The van der Waals surface area contributed by atoms with Gasteiger partial charge in [-0.05, 0) is 50.8 Å². The van der Waals surface area contributed by atoms with Gasteiger partial charge in [0.05, 0.1) is 23.0 Å². The van der Waals surface area contributed by atoms with Crippen molar-refractivity contribution in [2.45, 2.75) is 45.8 Å². The average molecular weight is 389 g/mol. The second kappa shape index (κ2) is 7.02. The highest BCUT2D eigenvalue weighted by Gasteiger charge is 2.20. The number of rotatable bonds is 5. The van der Waals surface area contributed by atoms with E-state index >= 15 is 0 Å². The third kappa shape index (κ3) is 3.35. The summed E-state index contributed by atoms with van der Waals surface area (Å²) in [5.41, 5.74) is 3.71. The molecule has 0 fully saturated rings. The molecule has 0 amide bonds. The molecule has 0 saturated heterocycles. The average Bonchev–Trinajstić information content (AvgIpc) is 3.22. The highest BCUT2D eigenvalue weighted by molar-refractivity contribution is 6.31. The third-order valence-electron chi connectivity index (χ3n) is 5.06. The molecule has 6 nitrogen and oxygen atoms in total. The SMILES string of the molecule is Cc1nn(C[C@H](O)COc2ccc3c4c(c(=O)oc3c2)CCC4)c(C)c1Cl. The summed E-state index contributed by atoms with van der Waals surface area (Å²) in [5.74, 6) is 0.550. The van der Waals surface area contributed by atoms with Crippen LogP contribution in [0, 0.1) is 13.8 Å². The second-order valence-electron chi connectivity index (χ2n) is 6.99. The minimum atomic E-state index is -0.748. The van der Waals surface area contributed by atoms with Crippen LogP contribution in [0.5, 0.6) is 5.75 Å². The van der Waals surface area contributed by atoms with Gasteiger partial charge in [-0.2, -0.15) is 5.10 Å². The zero-order valence-electron chi connectivity index (χ0n) is 15.3. The van der Waals surface area contributed by atoms with Crippen molar-refractivity contribution in [3.63, 3.8) is 0 Å². The lowest BCUT2D eigenvalue weighted by Crippen LogP contribution is -2.24. The molecule has 1 aliphatic rings. The van der Waals surface area contributed by atoms with Gasteiger partial charge in [-0.1, -0.05) is 11.6 Å². The van der Waals surface area contributed by atoms with E-state index in [1.807, 2.05) is 26.0 Å². The van der Waals surface area contributed by atoms with E-state index < -0.39 is 6.10 Å². The largest absolute Gasteiger partial charge is 0.491 e. The lowest BCUT2D eigenvalue weighted by atomic mass is 10.1. The fourth-order valence-corrected chi connectivity index (χ4v) is 3.79. The highest BCUT2D eigenvalue weighted by Crippen LogP contribution is 2.29. The lowest BCUT2D eigenvalue weighted by molar-refractivity contribution is 0.0887. The van der Waals surface area contributed by atoms with Crippen LogP contribution in [0.25, 0.3) is 11.0 Å². The molecule has 1 N–H and O–H groups in total. The first kappa shape index (κ1) is 18.1. The first-order valence-electron chi connectivity index (χ1n) is 9.03. The predicted molar refractivity (Wildman–Crippen MR) is 103 cm³/mol. The molecule has 142 valence electrons. The number of aliphatic hydroxyl groups is 1. The number of aromatic nitrogens is 2. The Morgan fingerprint density at radius 3 is 2.85 bits per heavy atom. The molecule has 0 unspecified atom stereocenters. The maximum Gasteiger partial charge on any atom is 0.339 e. The van der Waals surface area contributed by atoms with E-state index in [1.54, 1.807) is 10.7 Å². The number of hydrogen-bond acceptors (Lipinski definition) is 5. The summed E-state index contributed by atoms with van der Waals surface area (Å²) >= 11 is 6.13. The first-order chi connectivity index (χ1) is 12.9. The molecule has 2 aromatic heterocycles. The summed E-state index contributed by atoms with van der Waals surface area (Å²) in [4.78, 5) is 12.1. The molecular weight excluding hydrogens is 368 g/mol. The number of fused-ring (bicyclic) bond motifs is 3. The Hall–Kier alpha value is -2.31. The summed E-state index contributed by atoms with van der Waals surface area (Å²) in [6.07, 6.45) is 1.93. The summed E-state index contributed by atoms with van der Waals surface area (Å²) < 4.78 is 12.8. The van der Waals surface area contributed by atoms with Crippen LogP contribution in [0.1, 0.15) is 28.9 Å². The maximum absolute atomic E-state index is 12.1. The van der Waals surface area contributed by atoms with Crippen LogP contribution in [0.2, 0.25) is 5.02 Å². The molecule has 0 radical (unpaired) electrons. The molecule has 2 heterocycles. The monoisotopic (exact) mass is 388 g/mol. The lowest BCUT2D eigenvalue weighted by Gasteiger charge is -2.14. The van der Waals surface area contributed by atoms with Crippen LogP contribution in [0.15, 0.2) is 27.4 Å². The highest BCUT2D eigenvalue weighted by atomic mass is 35.5. The smallest absolute Gasteiger partial charge is 0.339 e. The molecule has 1 aliphatic carbocycles. The van der Waals surface area contributed by atoms with Crippen molar-refractivity contribution in [3.05, 3.63) is 56.2 Å². The number of ether oxygens (including phenoxy) is 1. The number of aliphatic hydroxyl groups excluding tert-OH is 1. The van der Waals surface area contributed by atoms with Gasteiger partial charge in [-0.25, -0.2) is 4.79 Å². The van der Waals surface area contributed by atoms with Crippen molar-refractivity contribution >= 4 is 22.6 Å². The van der Waals surface area contributed by atoms with Gasteiger partial charge in [-0.3, -0.25) is 4.68 Å².